The number of carbonyl (C=O) groups is 3. The van der Waals surface area contributed by atoms with E-state index in [2.05, 4.69) is 9.47 Å². The van der Waals surface area contributed by atoms with Crippen LogP contribution >= 0.6 is 0 Å². The molecular weight excluding hydrogens is 268 g/mol. The van der Waals surface area contributed by atoms with Crippen LogP contribution in [0.2, 0.25) is 0 Å². The van der Waals surface area contributed by atoms with Gasteiger partial charge in [-0.2, -0.15) is 0 Å². The molecule has 1 aromatic rings. The van der Waals surface area contributed by atoms with Crippen molar-refractivity contribution in [2.45, 2.75) is 6.92 Å². The molecule has 0 fully saturated rings. The third kappa shape index (κ3) is 3.05. The van der Waals surface area contributed by atoms with E-state index in [1.807, 2.05) is 0 Å². The Balaban J connectivity index is 3.33. The van der Waals surface area contributed by atoms with Crippen LogP contribution in [0.25, 0.3) is 0 Å². The number of methoxy groups -OCH3 is 2. The minimum Gasteiger partial charge on any atom is -0.507 e. The van der Waals surface area contributed by atoms with Crippen molar-refractivity contribution in [3.8, 4) is 11.5 Å². The first kappa shape index (κ1) is 15.5. The number of Topliss-reactive ketones (excluding diaryl/α,β-unsaturated/α-hetero) is 1. The summed E-state index contributed by atoms with van der Waals surface area (Å²) in [5, 5.41) is 9.66. The summed E-state index contributed by atoms with van der Waals surface area (Å²) in [6.45, 7) is 1.59. The van der Waals surface area contributed by atoms with Crippen molar-refractivity contribution in [3.05, 3.63) is 23.3 Å². The van der Waals surface area contributed by atoms with Crippen LogP contribution in [0.4, 0.5) is 0 Å². The molecule has 1 aromatic carbocycles. The zero-order valence-corrected chi connectivity index (χ0v) is 11.3. The van der Waals surface area contributed by atoms with Crippen LogP contribution in [0.5, 0.6) is 11.5 Å². The Morgan fingerprint density at radius 2 is 1.80 bits per heavy atom. The van der Waals surface area contributed by atoms with E-state index >= 15 is 0 Å². The summed E-state index contributed by atoms with van der Waals surface area (Å²) in [7, 11) is 2.38. The second-order valence-electron chi connectivity index (χ2n) is 3.61. The molecule has 0 saturated carbocycles. The molecule has 0 saturated heterocycles. The van der Waals surface area contributed by atoms with Crippen molar-refractivity contribution in [1.29, 1.82) is 0 Å². The van der Waals surface area contributed by atoms with E-state index in [0.717, 1.165) is 19.2 Å². The van der Waals surface area contributed by atoms with Crippen molar-refractivity contribution in [2.24, 2.45) is 0 Å². The molecule has 7 heteroatoms. The third-order valence-electron chi connectivity index (χ3n) is 2.43. The maximum atomic E-state index is 11.9. The van der Waals surface area contributed by atoms with Crippen molar-refractivity contribution in [1.82, 2.24) is 0 Å². The number of ether oxygens (including phenoxy) is 3. The highest BCUT2D eigenvalue weighted by atomic mass is 16.5. The van der Waals surface area contributed by atoms with Gasteiger partial charge in [0.15, 0.2) is 0 Å². The first-order chi connectivity index (χ1) is 9.46. The molecule has 1 rings (SSSR count). The van der Waals surface area contributed by atoms with Gasteiger partial charge in [-0.05, 0) is 13.0 Å². The molecule has 0 aliphatic rings. The lowest BCUT2D eigenvalue weighted by Crippen LogP contribution is -2.19. The molecule has 0 aromatic heterocycles. The van der Waals surface area contributed by atoms with Gasteiger partial charge in [0.2, 0.25) is 0 Å². The van der Waals surface area contributed by atoms with Crippen LogP contribution in [0, 0.1) is 0 Å². The number of aromatic hydroxyl groups is 1. The van der Waals surface area contributed by atoms with Crippen LogP contribution in [-0.2, 0) is 14.3 Å². The van der Waals surface area contributed by atoms with E-state index in [-0.39, 0.29) is 23.5 Å². The minimum atomic E-state index is -1.08. The maximum Gasteiger partial charge on any atom is 0.379 e. The Hall–Kier alpha value is -2.57. The fourth-order valence-corrected chi connectivity index (χ4v) is 1.50. The number of phenolic OH excluding ortho intramolecular Hbond substituents is 1. The van der Waals surface area contributed by atoms with Gasteiger partial charge in [-0.1, -0.05) is 0 Å². The maximum absolute atomic E-state index is 11.9. The summed E-state index contributed by atoms with van der Waals surface area (Å²) >= 11 is 0. The molecule has 0 radical (unpaired) electrons. The highest BCUT2D eigenvalue weighted by Gasteiger charge is 2.25. The van der Waals surface area contributed by atoms with Gasteiger partial charge in [0.1, 0.15) is 17.1 Å². The molecule has 0 spiro atoms. The van der Waals surface area contributed by atoms with E-state index in [1.165, 1.54) is 7.11 Å². The molecule has 0 heterocycles. The zero-order valence-electron chi connectivity index (χ0n) is 11.3. The highest BCUT2D eigenvalue weighted by molar-refractivity contribution is 6.41. The third-order valence-corrected chi connectivity index (χ3v) is 2.43. The normalized spacial score (nSPS) is 9.75. The molecule has 0 unspecified atom stereocenters. The number of ketones is 1. The Morgan fingerprint density at radius 1 is 1.15 bits per heavy atom. The molecule has 0 bridgehead atoms. The van der Waals surface area contributed by atoms with E-state index in [4.69, 9.17) is 4.74 Å². The lowest BCUT2D eigenvalue weighted by Gasteiger charge is -2.10. The number of hydrogen-bond acceptors (Lipinski definition) is 7. The van der Waals surface area contributed by atoms with Gasteiger partial charge in [0, 0.05) is 6.07 Å². The number of benzene rings is 1. The topological polar surface area (TPSA) is 99.1 Å². The average molecular weight is 282 g/mol. The van der Waals surface area contributed by atoms with Gasteiger partial charge >= 0.3 is 11.9 Å². The van der Waals surface area contributed by atoms with E-state index in [9.17, 15) is 19.5 Å². The molecule has 0 atom stereocenters. The van der Waals surface area contributed by atoms with Gasteiger partial charge in [0.05, 0.1) is 26.4 Å². The van der Waals surface area contributed by atoms with E-state index in [0.29, 0.717) is 0 Å². The molecule has 0 aliphatic carbocycles. The number of rotatable bonds is 5. The summed E-state index contributed by atoms with van der Waals surface area (Å²) < 4.78 is 14.0. The average Bonchev–Trinajstić information content (AvgIpc) is 2.45. The SMILES string of the molecule is CCOC(=O)C(=O)c1cc(C(=O)OC)c(O)cc1OC. The number of phenols is 1. The first-order valence-corrected chi connectivity index (χ1v) is 5.67. The van der Waals surface area contributed by atoms with Crippen molar-refractivity contribution < 1.29 is 33.7 Å². The monoisotopic (exact) mass is 282 g/mol. The summed E-state index contributed by atoms with van der Waals surface area (Å²) in [4.78, 5) is 34.8. The van der Waals surface area contributed by atoms with Crippen LogP contribution in [0.3, 0.4) is 0 Å². The van der Waals surface area contributed by atoms with Crippen LogP contribution in [0.1, 0.15) is 27.6 Å². The van der Waals surface area contributed by atoms with Crippen molar-refractivity contribution in [2.75, 3.05) is 20.8 Å². The largest absolute Gasteiger partial charge is 0.507 e. The lowest BCUT2D eigenvalue weighted by atomic mass is 10.0. The van der Waals surface area contributed by atoms with Crippen LogP contribution < -0.4 is 4.74 Å². The fraction of sp³-hybridized carbons (Fsp3) is 0.308. The summed E-state index contributed by atoms with van der Waals surface area (Å²) in [5.74, 6) is -3.37. The molecule has 0 aliphatic heterocycles. The first-order valence-electron chi connectivity index (χ1n) is 5.67. The van der Waals surface area contributed by atoms with Gasteiger partial charge in [-0.15, -0.1) is 0 Å². The van der Waals surface area contributed by atoms with Gasteiger partial charge in [-0.25, -0.2) is 9.59 Å². The quantitative estimate of drug-likeness (QED) is 0.487. The number of hydrogen-bond donors (Lipinski definition) is 1. The fourth-order valence-electron chi connectivity index (χ4n) is 1.50. The Labute approximate surface area is 115 Å². The Morgan fingerprint density at radius 3 is 2.30 bits per heavy atom. The second kappa shape index (κ2) is 6.55. The summed E-state index contributed by atoms with van der Waals surface area (Å²) in [6, 6.07) is 2.08. The number of carbonyl (C=O) groups excluding carboxylic acids is 3. The summed E-state index contributed by atoms with van der Waals surface area (Å²) in [5.41, 5.74) is -0.440. The Kier molecular flexibility index (Phi) is 5.08. The van der Waals surface area contributed by atoms with Crippen molar-refractivity contribution >= 4 is 17.7 Å². The molecular formula is C13H14O7. The minimum absolute atomic E-state index is 0.0365. The predicted molar refractivity (Wildman–Crippen MR) is 67.0 cm³/mol. The molecule has 20 heavy (non-hydrogen) atoms. The van der Waals surface area contributed by atoms with Gasteiger partial charge < -0.3 is 19.3 Å². The van der Waals surface area contributed by atoms with Crippen LogP contribution in [-0.4, -0.2) is 43.7 Å². The Bertz CT molecular complexity index is 548. The highest BCUT2D eigenvalue weighted by Crippen LogP contribution is 2.29. The van der Waals surface area contributed by atoms with E-state index < -0.39 is 23.5 Å². The standard InChI is InChI=1S/C13H14O7/c1-4-20-13(17)11(15)8-5-7(12(16)19-3)9(14)6-10(8)18-2/h5-6,14H,4H2,1-3H3. The molecule has 108 valence electrons. The van der Waals surface area contributed by atoms with E-state index in [1.54, 1.807) is 6.92 Å². The molecule has 1 N–H and O–H groups in total. The summed E-state index contributed by atoms with van der Waals surface area (Å²) in [6.07, 6.45) is 0. The molecule has 7 nitrogen and oxygen atoms in total. The van der Waals surface area contributed by atoms with Gasteiger partial charge in [0.25, 0.3) is 5.78 Å². The van der Waals surface area contributed by atoms with Crippen LogP contribution in [0.15, 0.2) is 12.1 Å². The molecule has 0 amide bonds. The second-order valence-corrected chi connectivity index (χ2v) is 3.61. The lowest BCUT2D eigenvalue weighted by molar-refractivity contribution is -0.137. The van der Waals surface area contributed by atoms with Crippen molar-refractivity contribution in [3.63, 3.8) is 0 Å². The predicted octanol–water partition coefficient (Wildman–Crippen LogP) is 0.933. The zero-order chi connectivity index (χ0) is 15.3. The number of esters is 2. The smallest absolute Gasteiger partial charge is 0.379 e. The van der Waals surface area contributed by atoms with Gasteiger partial charge in [-0.3, -0.25) is 4.79 Å².